The molecule has 22 heavy (non-hydrogen) atoms. The predicted molar refractivity (Wildman–Crippen MR) is 82.2 cm³/mol. The molecule has 3 rings (SSSR count). The van der Waals surface area contributed by atoms with E-state index in [0.29, 0.717) is 0 Å². The van der Waals surface area contributed by atoms with Crippen LogP contribution in [0, 0.1) is 0 Å². The van der Waals surface area contributed by atoms with Gasteiger partial charge in [-0.2, -0.15) is 5.10 Å². The number of hydrogen-bond donors (Lipinski definition) is 0. The van der Waals surface area contributed by atoms with E-state index in [1.54, 1.807) is 6.33 Å². The van der Waals surface area contributed by atoms with Gasteiger partial charge in [-0.3, -0.25) is 9.58 Å². The summed E-state index contributed by atoms with van der Waals surface area (Å²) in [5.74, 6) is 0.925. The molecule has 0 aliphatic carbocycles. The standard InChI is InChI=1S/C15H24N6O/c1-3-5-21-10-13(8-17-21)9-19-6-7-22-14(11-19)15-18-16-12-20(15)4-2/h8,10,12,14H,3-7,9,11H2,1-2H3. The average molecular weight is 304 g/mol. The number of rotatable bonds is 6. The highest BCUT2D eigenvalue weighted by Crippen LogP contribution is 2.21. The second-order valence-corrected chi connectivity index (χ2v) is 5.68. The summed E-state index contributed by atoms with van der Waals surface area (Å²) in [4.78, 5) is 2.40. The molecule has 1 atom stereocenters. The van der Waals surface area contributed by atoms with Crippen molar-refractivity contribution in [3.05, 3.63) is 30.1 Å². The van der Waals surface area contributed by atoms with Crippen molar-refractivity contribution in [2.75, 3.05) is 19.7 Å². The monoisotopic (exact) mass is 304 g/mol. The van der Waals surface area contributed by atoms with Crippen LogP contribution in [0.1, 0.15) is 37.8 Å². The normalized spacial score (nSPS) is 19.6. The molecule has 1 aliphatic heterocycles. The van der Waals surface area contributed by atoms with Crippen molar-refractivity contribution in [3.8, 4) is 0 Å². The topological polar surface area (TPSA) is 61.0 Å². The van der Waals surface area contributed by atoms with Crippen molar-refractivity contribution in [2.45, 2.75) is 46.0 Å². The number of hydrogen-bond acceptors (Lipinski definition) is 5. The van der Waals surface area contributed by atoms with E-state index in [9.17, 15) is 0 Å². The Bertz CT molecular complexity index is 592. The Morgan fingerprint density at radius 1 is 1.36 bits per heavy atom. The summed E-state index contributed by atoms with van der Waals surface area (Å²) < 4.78 is 9.95. The van der Waals surface area contributed by atoms with Gasteiger partial charge in [0.2, 0.25) is 0 Å². The van der Waals surface area contributed by atoms with E-state index in [-0.39, 0.29) is 6.10 Å². The molecule has 0 amide bonds. The lowest BCUT2D eigenvalue weighted by molar-refractivity contribution is -0.0388. The van der Waals surface area contributed by atoms with Crippen LogP contribution < -0.4 is 0 Å². The van der Waals surface area contributed by atoms with Gasteiger partial charge in [-0.05, 0) is 13.3 Å². The van der Waals surface area contributed by atoms with Gasteiger partial charge < -0.3 is 9.30 Å². The van der Waals surface area contributed by atoms with E-state index in [0.717, 1.165) is 51.6 Å². The predicted octanol–water partition coefficient (Wildman–Crippen LogP) is 1.48. The van der Waals surface area contributed by atoms with Crippen LogP contribution in [0.5, 0.6) is 0 Å². The average Bonchev–Trinajstić information content (AvgIpc) is 3.17. The van der Waals surface area contributed by atoms with Crippen LogP contribution in [0.15, 0.2) is 18.7 Å². The van der Waals surface area contributed by atoms with Gasteiger partial charge in [0.25, 0.3) is 0 Å². The Balaban J connectivity index is 1.62. The highest BCUT2D eigenvalue weighted by atomic mass is 16.5. The number of nitrogens with zero attached hydrogens (tertiary/aromatic N) is 6. The van der Waals surface area contributed by atoms with Crippen LogP contribution in [0.2, 0.25) is 0 Å². The fourth-order valence-corrected chi connectivity index (χ4v) is 2.86. The SMILES string of the molecule is CCCn1cc(CN2CCOC(c3nncn3CC)C2)cn1. The van der Waals surface area contributed by atoms with Crippen molar-refractivity contribution in [1.82, 2.24) is 29.4 Å². The van der Waals surface area contributed by atoms with E-state index in [1.807, 2.05) is 15.4 Å². The van der Waals surface area contributed by atoms with E-state index < -0.39 is 0 Å². The van der Waals surface area contributed by atoms with Gasteiger partial charge in [-0.15, -0.1) is 10.2 Å². The summed E-state index contributed by atoms with van der Waals surface area (Å²) in [7, 11) is 0. The van der Waals surface area contributed by atoms with E-state index in [4.69, 9.17) is 4.74 Å². The van der Waals surface area contributed by atoms with E-state index in [1.165, 1.54) is 5.56 Å². The summed E-state index contributed by atoms with van der Waals surface area (Å²) in [6.07, 6.45) is 6.98. The van der Waals surface area contributed by atoms with Gasteiger partial charge in [0, 0.05) is 44.5 Å². The molecule has 120 valence electrons. The molecule has 2 aromatic rings. The lowest BCUT2D eigenvalue weighted by Gasteiger charge is -2.32. The molecule has 7 nitrogen and oxygen atoms in total. The molecule has 1 fully saturated rings. The molecule has 7 heteroatoms. The maximum absolute atomic E-state index is 5.89. The largest absolute Gasteiger partial charge is 0.368 e. The quantitative estimate of drug-likeness (QED) is 0.809. The van der Waals surface area contributed by atoms with Crippen molar-refractivity contribution >= 4 is 0 Å². The maximum Gasteiger partial charge on any atom is 0.163 e. The first kappa shape index (κ1) is 15.2. The Morgan fingerprint density at radius 3 is 3.09 bits per heavy atom. The van der Waals surface area contributed by atoms with Crippen molar-refractivity contribution in [3.63, 3.8) is 0 Å². The van der Waals surface area contributed by atoms with Crippen molar-refractivity contribution < 1.29 is 4.74 Å². The summed E-state index contributed by atoms with van der Waals surface area (Å²) in [5.41, 5.74) is 1.26. The molecular weight excluding hydrogens is 280 g/mol. The highest BCUT2D eigenvalue weighted by molar-refractivity contribution is 5.04. The minimum atomic E-state index is 0.00175. The molecule has 0 saturated carbocycles. The molecule has 0 bridgehead atoms. The fraction of sp³-hybridized carbons (Fsp3) is 0.667. The van der Waals surface area contributed by atoms with Crippen molar-refractivity contribution in [1.29, 1.82) is 0 Å². The molecule has 3 heterocycles. The second kappa shape index (κ2) is 7.02. The first-order valence-corrected chi connectivity index (χ1v) is 8.03. The number of ether oxygens (including phenoxy) is 1. The van der Waals surface area contributed by atoms with Crippen LogP contribution in [0.3, 0.4) is 0 Å². The van der Waals surface area contributed by atoms with Gasteiger partial charge in [-0.25, -0.2) is 0 Å². The molecule has 0 radical (unpaired) electrons. The van der Waals surface area contributed by atoms with Crippen LogP contribution in [-0.2, 0) is 24.4 Å². The zero-order valence-electron chi connectivity index (χ0n) is 13.4. The second-order valence-electron chi connectivity index (χ2n) is 5.68. The Labute approximate surface area is 130 Å². The van der Waals surface area contributed by atoms with Crippen LogP contribution in [0.4, 0.5) is 0 Å². The number of morpholine rings is 1. The third kappa shape index (κ3) is 3.36. The van der Waals surface area contributed by atoms with Gasteiger partial charge in [-0.1, -0.05) is 6.92 Å². The van der Waals surface area contributed by atoms with Crippen LogP contribution >= 0.6 is 0 Å². The summed E-state index contributed by atoms with van der Waals surface area (Å²) in [6, 6.07) is 0. The Kier molecular flexibility index (Phi) is 4.84. The smallest absolute Gasteiger partial charge is 0.163 e. The Morgan fingerprint density at radius 2 is 2.27 bits per heavy atom. The highest BCUT2D eigenvalue weighted by Gasteiger charge is 2.26. The lowest BCUT2D eigenvalue weighted by Crippen LogP contribution is -2.38. The third-order valence-corrected chi connectivity index (χ3v) is 3.97. The maximum atomic E-state index is 5.89. The lowest BCUT2D eigenvalue weighted by atomic mass is 10.2. The number of aromatic nitrogens is 5. The molecule has 0 aromatic carbocycles. The molecular formula is C15H24N6O. The fourth-order valence-electron chi connectivity index (χ4n) is 2.86. The van der Waals surface area contributed by atoms with Gasteiger partial charge in [0.15, 0.2) is 5.82 Å². The summed E-state index contributed by atoms with van der Waals surface area (Å²) in [6.45, 7) is 9.52. The molecule has 1 aliphatic rings. The first-order valence-electron chi connectivity index (χ1n) is 8.03. The van der Waals surface area contributed by atoms with E-state index in [2.05, 4.69) is 40.2 Å². The summed E-state index contributed by atoms with van der Waals surface area (Å²) >= 11 is 0. The minimum Gasteiger partial charge on any atom is -0.368 e. The Hall–Kier alpha value is -1.73. The summed E-state index contributed by atoms with van der Waals surface area (Å²) in [5, 5.41) is 12.6. The molecule has 1 unspecified atom stereocenters. The molecule has 1 saturated heterocycles. The minimum absolute atomic E-state index is 0.00175. The van der Waals surface area contributed by atoms with Gasteiger partial charge >= 0.3 is 0 Å². The molecule has 2 aromatic heterocycles. The molecule has 0 spiro atoms. The van der Waals surface area contributed by atoms with Gasteiger partial charge in [0.05, 0.1) is 12.8 Å². The third-order valence-electron chi connectivity index (χ3n) is 3.97. The van der Waals surface area contributed by atoms with Gasteiger partial charge in [0.1, 0.15) is 12.4 Å². The first-order chi connectivity index (χ1) is 10.8. The van der Waals surface area contributed by atoms with Crippen LogP contribution in [-0.4, -0.2) is 49.1 Å². The number of aryl methyl sites for hydroxylation is 2. The van der Waals surface area contributed by atoms with E-state index >= 15 is 0 Å². The van der Waals surface area contributed by atoms with Crippen molar-refractivity contribution in [2.24, 2.45) is 0 Å². The zero-order valence-corrected chi connectivity index (χ0v) is 13.4. The molecule has 0 N–H and O–H groups in total. The van der Waals surface area contributed by atoms with Crippen LogP contribution in [0.25, 0.3) is 0 Å². The zero-order chi connectivity index (χ0) is 15.4.